The van der Waals surface area contributed by atoms with E-state index >= 15 is 0 Å². The molecule has 1 fully saturated rings. The molecule has 1 aliphatic rings. The maximum absolute atomic E-state index is 11.3. The molecule has 4 nitrogen and oxygen atoms in total. The van der Waals surface area contributed by atoms with Crippen LogP contribution in [0.15, 0.2) is 0 Å². The van der Waals surface area contributed by atoms with Crippen molar-refractivity contribution >= 4 is 5.91 Å². The SMILES string of the molecule is CNC(=O)C1CCC(N)(CO)CC1. The summed E-state index contributed by atoms with van der Waals surface area (Å²) in [5.74, 6) is 0.188. The van der Waals surface area contributed by atoms with Crippen LogP contribution in [0.1, 0.15) is 25.7 Å². The summed E-state index contributed by atoms with van der Waals surface area (Å²) in [7, 11) is 1.65. The highest BCUT2D eigenvalue weighted by Gasteiger charge is 2.33. The molecule has 0 aromatic heterocycles. The molecular formula is C9H18N2O2. The highest BCUT2D eigenvalue weighted by molar-refractivity contribution is 5.78. The van der Waals surface area contributed by atoms with Crippen molar-refractivity contribution in [1.29, 1.82) is 0 Å². The number of nitrogens with two attached hydrogens (primary N) is 1. The zero-order valence-electron chi connectivity index (χ0n) is 8.05. The van der Waals surface area contributed by atoms with E-state index in [0.29, 0.717) is 0 Å². The second-order valence-corrected chi connectivity index (χ2v) is 3.91. The first-order valence-corrected chi connectivity index (χ1v) is 4.72. The van der Waals surface area contributed by atoms with Gasteiger partial charge in [-0.3, -0.25) is 4.79 Å². The molecule has 0 saturated heterocycles. The lowest BCUT2D eigenvalue weighted by atomic mass is 9.77. The Bertz CT molecular complexity index is 186. The molecule has 0 atom stereocenters. The van der Waals surface area contributed by atoms with Crippen molar-refractivity contribution < 1.29 is 9.90 Å². The minimum absolute atomic E-state index is 0.0213. The molecule has 13 heavy (non-hydrogen) atoms. The molecule has 4 N–H and O–H groups in total. The lowest BCUT2D eigenvalue weighted by Gasteiger charge is -2.34. The fraction of sp³-hybridized carbons (Fsp3) is 0.889. The first kappa shape index (κ1) is 10.5. The molecule has 1 rings (SSSR count). The Labute approximate surface area is 78.5 Å². The van der Waals surface area contributed by atoms with Crippen LogP contribution in [0, 0.1) is 5.92 Å². The molecule has 0 aromatic carbocycles. The van der Waals surface area contributed by atoms with Crippen LogP contribution in [0.2, 0.25) is 0 Å². The minimum atomic E-state index is -0.440. The van der Waals surface area contributed by atoms with E-state index < -0.39 is 5.54 Å². The molecule has 0 aliphatic heterocycles. The Kier molecular flexibility index (Phi) is 3.27. The molecule has 4 heteroatoms. The van der Waals surface area contributed by atoms with E-state index in [2.05, 4.69) is 5.32 Å². The van der Waals surface area contributed by atoms with Gasteiger partial charge in [-0.25, -0.2) is 0 Å². The van der Waals surface area contributed by atoms with Gasteiger partial charge in [-0.1, -0.05) is 0 Å². The molecule has 1 amide bonds. The number of hydrogen-bond donors (Lipinski definition) is 3. The van der Waals surface area contributed by atoms with E-state index in [9.17, 15) is 4.79 Å². The number of hydrogen-bond acceptors (Lipinski definition) is 3. The Morgan fingerprint density at radius 2 is 2.15 bits per heavy atom. The Hall–Kier alpha value is -0.610. The van der Waals surface area contributed by atoms with E-state index in [1.165, 1.54) is 0 Å². The summed E-state index contributed by atoms with van der Waals surface area (Å²) in [6, 6.07) is 0. The standard InChI is InChI=1S/C9H18N2O2/c1-11-8(13)7-2-4-9(10,6-12)5-3-7/h7,12H,2-6,10H2,1H3,(H,11,13). The zero-order valence-corrected chi connectivity index (χ0v) is 8.05. The van der Waals surface area contributed by atoms with Gasteiger partial charge in [0, 0.05) is 18.5 Å². The zero-order chi connectivity index (χ0) is 9.90. The van der Waals surface area contributed by atoms with Gasteiger partial charge >= 0.3 is 0 Å². The second-order valence-electron chi connectivity index (χ2n) is 3.91. The van der Waals surface area contributed by atoms with Gasteiger partial charge in [0.1, 0.15) is 0 Å². The Morgan fingerprint density at radius 3 is 2.54 bits per heavy atom. The van der Waals surface area contributed by atoms with Crippen LogP contribution in [0.4, 0.5) is 0 Å². The predicted octanol–water partition coefficient (Wildman–Crippen LogP) is -0.388. The van der Waals surface area contributed by atoms with Crippen LogP contribution in [-0.2, 0) is 4.79 Å². The van der Waals surface area contributed by atoms with Gasteiger partial charge in [0.2, 0.25) is 5.91 Å². The van der Waals surface area contributed by atoms with Crippen molar-refractivity contribution in [3.8, 4) is 0 Å². The van der Waals surface area contributed by atoms with Gasteiger partial charge < -0.3 is 16.2 Å². The van der Waals surface area contributed by atoms with Gasteiger partial charge in [0.25, 0.3) is 0 Å². The summed E-state index contributed by atoms with van der Waals surface area (Å²) in [5.41, 5.74) is 5.44. The lowest BCUT2D eigenvalue weighted by Crippen LogP contribution is -2.48. The quantitative estimate of drug-likeness (QED) is 0.550. The minimum Gasteiger partial charge on any atom is -0.394 e. The summed E-state index contributed by atoms with van der Waals surface area (Å²) >= 11 is 0. The number of amides is 1. The number of aliphatic hydroxyl groups excluding tert-OH is 1. The molecule has 0 unspecified atom stereocenters. The third-order valence-electron chi connectivity index (χ3n) is 2.91. The summed E-state index contributed by atoms with van der Waals surface area (Å²) in [6.45, 7) is 0.0213. The van der Waals surface area contributed by atoms with Crippen molar-refractivity contribution in [2.24, 2.45) is 11.7 Å². The van der Waals surface area contributed by atoms with Gasteiger partial charge in [-0.15, -0.1) is 0 Å². The monoisotopic (exact) mass is 186 g/mol. The topological polar surface area (TPSA) is 75.4 Å². The largest absolute Gasteiger partial charge is 0.394 e. The molecule has 0 aromatic rings. The van der Waals surface area contributed by atoms with E-state index in [4.69, 9.17) is 10.8 Å². The Balaban J connectivity index is 2.43. The van der Waals surface area contributed by atoms with Crippen LogP contribution < -0.4 is 11.1 Å². The molecular weight excluding hydrogens is 168 g/mol. The van der Waals surface area contributed by atoms with Crippen molar-refractivity contribution in [3.63, 3.8) is 0 Å². The van der Waals surface area contributed by atoms with Gasteiger partial charge in [0.15, 0.2) is 0 Å². The van der Waals surface area contributed by atoms with Gasteiger partial charge in [0.05, 0.1) is 6.61 Å². The summed E-state index contributed by atoms with van der Waals surface area (Å²) in [4.78, 5) is 11.3. The number of nitrogens with one attached hydrogen (secondary N) is 1. The van der Waals surface area contributed by atoms with Crippen LogP contribution in [-0.4, -0.2) is 30.2 Å². The van der Waals surface area contributed by atoms with E-state index in [1.807, 2.05) is 0 Å². The third-order valence-corrected chi connectivity index (χ3v) is 2.91. The van der Waals surface area contributed by atoms with Gasteiger partial charge in [-0.05, 0) is 25.7 Å². The Morgan fingerprint density at radius 1 is 1.62 bits per heavy atom. The molecule has 1 saturated carbocycles. The van der Waals surface area contributed by atoms with Crippen LogP contribution >= 0.6 is 0 Å². The molecule has 0 radical (unpaired) electrons. The number of rotatable bonds is 2. The van der Waals surface area contributed by atoms with Crippen LogP contribution in [0.25, 0.3) is 0 Å². The molecule has 76 valence electrons. The fourth-order valence-corrected chi connectivity index (χ4v) is 1.82. The first-order valence-electron chi connectivity index (χ1n) is 4.72. The maximum Gasteiger partial charge on any atom is 0.222 e. The average molecular weight is 186 g/mol. The maximum atomic E-state index is 11.3. The molecule has 1 aliphatic carbocycles. The number of carbonyl (C=O) groups excluding carboxylic acids is 1. The van der Waals surface area contributed by atoms with Crippen molar-refractivity contribution in [3.05, 3.63) is 0 Å². The number of aliphatic hydroxyl groups is 1. The van der Waals surface area contributed by atoms with Crippen molar-refractivity contribution in [1.82, 2.24) is 5.32 Å². The van der Waals surface area contributed by atoms with E-state index in [0.717, 1.165) is 25.7 Å². The van der Waals surface area contributed by atoms with Crippen LogP contribution in [0.5, 0.6) is 0 Å². The van der Waals surface area contributed by atoms with Crippen molar-refractivity contribution in [2.45, 2.75) is 31.2 Å². The number of carbonyl (C=O) groups is 1. The van der Waals surface area contributed by atoms with E-state index in [-0.39, 0.29) is 18.4 Å². The third kappa shape index (κ3) is 2.42. The fourth-order valence-electron chi connectivity index (χ4n) is 1.82. The summed E-state index contributed by atoms with van der Waals surface area (Å²) < 4.78 is 0. The summed E-state index contributed by atoms with van der Waals surface area (Å²) in [6.07, 6.45) is 3.05. The molecule has 0 spiro atoms. The highest BCUT2D eigenvalue weighted by atomic mass is 16.3. The van der Waals surface area contributed by atoms with Crippen LogP contribution in [0.3, 0.4) is 0 Å². The molecule has 0 bridgehead atoms. The first-order chi connectivity index (χ1) is 6.11. The van der Waals surface area contributed by atoms with Gasteiger partial charge in [-0.2, -0.15) is 0 Å². The van der Waals surface area contributed by atoms with Crippen molar-refractivity contribution in [2.75, 3.05) is 13.7 Å². The highest BCUT2D eigenvalue weighted by Crippen LogP contribution is 2.29. The lowest BCUT2D eigenvalue weighted by molar-refractivity contribution is -0.125. The predicted molar refractivity (Wildman–Crippen MR) is 50.0 cm³/mol. The smallest absolute Gasteiger partial charge is 0.222 e. The van der Waals surface area contributed by atoms with E-state index in [1.54, 1.807) is 7.05 Å². The second kappa shape index (κ2) is 4.07. The summed E-state index contributed by atoms with van der Waals surface area (Å²) in [5, 5.41) is 11.6. The normalized spacial score (nSPS) is 34.2. The average Bonchev–Trinajstić information content (AvgIpc) is 2.18. The molecule has 0 heterocycles.